The minimum absolute atomic E-state index is 0.398. The third-order valence-corrected chi connectivity index (χ3v) is 5.90. The molecular weight excluding hydrogens is 439 g/mol. The van der Waals surface area contributed by atoms with Gasteiger partial charge in [0.15, 0.2) is 0 Å². The number of nitriles is 1. The van der Waals surface area contributed by atoms with Crippen LogP contribution in [-0.4, -0.2) is 52.6 Å². The van der Waals surface area contributed by atoms with E-state index in [1.165, 1.54) is 8.96 Å². The largest absolute Gasteiger partial charge is 0.355 e. The summed E-state index contributed by atoms with van der Waals surface area (Å²) in [6.07, 6.45) is 4.53. The van der Waals surface area contributed by atoms with Gasteiger partial charge in [0.2, 0.25) is 0 Å². The maximum Gasteiger partial charge on any atom is 0.143 e. The van der Waals surface area contributed by atoms with E-state index < -0.39 is 0 Å². The monoisotopic (exact) mass is 460 g/mol. The van der Waals surface area contributed by atoms with Crippen molar-refractivity contribution in [3.8, 4) is 6.07 Å². The Morgan fingerprint density at radius 2 is 2.31 bits per heavy atom. The highest BCUT2D eigenvalue weighted by Crippen LogP contribution is 2.33. The quantitative estimate of drug-likeness (QED) is 0.604. The van der Waals surface area contributed by atoms with E-state index in [9.17, 15) is 0 Å². The molecule has 0 aliphatic carbocycles. The van der Waals surface area contributed by atoms with Gasteiger partial charge in [0.05, 0.1) is 11.5 Å². The molecule has 0 amide bonds. The molecule has 0 radical (unpaired) electrons. The first kappa shape index (κ1) is 17.5. The zero-order valence-electron chi connectivity index (χ0n) is 14.7. The minimum atomic E-state index is 0.398. The molecular formula is C19H21IN6. The molecule has 0 saturated carbocycles. The van der Waals surface area contributed by atoms with Crippen LogP contribution in [0.15, 0.2) is 24.5 Å². The van der Waals surface area contributed by atoms with Gasteiger partial charge in [-0.1, -0.05) is 6.07 Å². The number of hydrogen-bond acceptors (Lipinski definition) is 5. The maximum atomic E-state index is 8.86. The van der Waals surface area contributed by atoms with Crippen LogP contribution >= 0.6 is 22.6 Å². The summed E-state index contributed by atoms with van der Waals surface area (Å²) < 4.78 is 1.20. The van der Waals surface area contributed by atoms with Crippen LogP contribution in [0.5, 0.6) is 0 Å². The predicted octanol–water partition coefficient (Wildman–Crippen LogP) is 3.53. The fourth-order valence-corrected chi connectivity index (χ4v) is 4.37. The van der Waals surface area contributed by atoms with E-state index in [2.05, 4.69) is 78.7 Å². The molecule has 0 bridgehead atoms. The van der Waals surface area contributed by atoms with E-state index in [4.69, 9.17) is 5.26 Å². The Bertz CT molecular complexity index is 975. The molecule has 1 atom stereocenters. The summed E-state index contributed by atoms with van der Waals surface area (Å²) in [6.45, 7) is 2.91. The number of halogens is 1. The maximum absolute atomic E-state index is 8.86. The third kappa shape index (κ3) is 3.23. The number of aromatic nitrogens is 3. The van der Waals surface area contributed by atoms with Crippen LogP contribution < -0.4 is 4.90 Å². The van der Waals surface area contributed by atoms with Crippen LogP contribution in [0.2, 0.25) is 0 Å². The highest BCUT2D eigenvalue weighted by atomic mass is 127. The first-order valence-corrected chi connectivity index (χ1v) is 9.99. The van der Waals surface area contributed by atoms with Crippen LogP contribution in [0, 0.1) is 14.9 Å². The van der Waals surface area contributed by atoms with Crippen molar-refractivity contribution in [2.24, 2.45) is 0 Å². The van der Waals surface area contributed by atoms with Crippen molar-refractivity contribution in [2.45, 2.75) is 25.3 Å². The van der Waals surface area contributed by atoms with Crippen molar-refractivity contribution in [3.63, 3.8) is 0 Å². The summed E-state index contributed by atoms with van der Waals surface area (Å²) in [4.78, 5) is 17.2. The van der Waals surface area contributed by atoms with Gasteiger partial charge < -0.3 is 14.8 Å². The molecule has 7 heteroatoms. The van der Waals surface area contributed by atoms with E-state index in [-0.39, 0.29) is 0 Å². The van der Waals surface area contributed by atoms with Crippen molar-refractivity contribution < 1.29 is 0 Å². The number of rotatable bonds is 4. The Morgan fingerprint density at radius 1 is 1.42 bits per heavy atom. The number of fused-ring (bicyclic) bond motifs is 3. The van der Waals surface area contributed by atoms with Crippen LogP contribution in [0.4, 0.5) is 5.82 Å². The number of nitrogens with zero attached hydrogens (tertiary/aromatic N) is 5. The number of H-pyrrole nitrogens is 1. The Morgan fingerprint density at radius 3 is 3.15 bits per heavy atom. The number of hydrogen-bond donors (Lipinski definition) is 1. The minimum Gasteiger partial charge on any atom is -0.355 e. The molecule has 6 nitrogen and oxygen atoms in total. The number of likely N-dealkylation sites (N-methyl/N-ethyl adjacent to an activating group) is 1. The highest BCUT2D eigenvalue weighted by Gasteiger charge is 2.25. The number of benzene rings is 1. The lowest BCUT2D eigenvalue weighted by molar-refractivity contribution is 0.210. The van der Waals surface area contributed by atoms with Gasteiger partial charge in [0.25, 0.3) is 0 Å². The van der Waals surface area contributed by atoms with E-state index in [1.54, 1.807) is 6.33 Å². The molecule has 1 saturated heterocycles. The number of nitrogens with one attached hydrogen (secondary N) is 1. The second kappa shape index (κ2) is 7.37. The van der Waals surface area contributed by atoms with Crippen molar-refractivity contribution in [2.75, 3.05) is 31.6 Å². The van der Waals surface area contributed by atoms with Crippen LogP contribution in [0.1, 0.15) is 19.3 Å². The van der Waals surface area contributed by atoms with Crippen molar-refractivity contribution in [1.29, 1.82) is 5.26 Å². The molecule has 1 aliphatic rings. The van der Waals surface area contributed by atoms with E-state index in [0.717, 1.165) is 54.8 Å². The Balaban J connectivity index is 1.69. The van der Waals surface area contributed by atoms with Gasteiger partial charge in [-0.15, -0.1) is 0 Å². The smallest absolute Gasteiger partial charge is 0.143 e. The van der Waals surface area contributed by atoms with Gasteiger partial charge in [0, 0.05) is 47.1 Å². The number of likely N-dealkylation sites (tertiary alicyclic amines) is 1. The first-order chi connectivity index (χ1) is 12.7. The first-order valence-electron chi connectivity index (χ1n) is 8.91. The number of anilines is 1. The van der Waals surface area contributed by atoms with Gasteiger partial charge >= 0.3 is 0 Å². The van der Waals surface area contributed by atoms with Crippen LogP contribution in [0.3, 0.4) is 0 Å². The lowest BCUT2D eigenvalue weighted by Crippen LogP contribution is -2.47. The Labute approximate surface area is 166 Å². The second-order valence-electron chi connectivity index (χ2n) is 6.85. The molecule has 1 fully saturated rings. The Hall–Kier alpha value is -1.92. The topological polar surface area (TPSA) is 71.8 Å². The second-order valence-corrected chi connectivity index (χ2v) is 8.10. The molecule has 1 N–H and O–H groups in total. The summed E-state index contributed by atoms with van der Waals surface area (Å²) in [5.41, 5.74) is 1.98. The highest BCUT2D eigenvalue weighted by molar-refractivity contribution is 14.1. The predicted molar refractivity (Wildman–Crippen MR) is 112 cm³/mol. The molecule has 26 heavy (non-hydrogen) atoms. The van der Waals surface area contributed by atoms with Crippen LogP contribution in [0.25, 0.3) is 21.9 Å². The summed E-state index contributed by atoms with van der Waals surface area (Å²) in [5, 5.41) is 11.1. The van der Waals surface area contributed by atoms with Crippen molar-refractivity contribution >= 4 is 50.3 Å². The molecule has 134 valence electrons. The number of aromatic amines is 1. The molecule has 1 aromatic carbocycles. The van der Waals surface area contributed by atoms with E-state index in [0.29, 0.717) is 12.5 Å². The third-order valence-electron chi connectivity index (χ3n) is 5.23. The SMILES string of the molecule is CN(c1ncnc2[nH]c3cc(I)ccc3c12)C1CCCN(CCC#N)C1. The molecule has 3 aromatic rings. The van der Waals surface area contributed by atoms with Gasteiger partial charge in [-0.2, -0.15) is 5.26 Å². The molecule has 3 heterocycles. The molecule has 2 aromatic heterocycles. The van der Waals surface area contributed by atoms with Gasteiger partial charge in [0.1, 0.15) is 17.8 Å². The Kier molecular flexibility index (Phi) is 4.96. The van der Waals surface area contributed by atoms with E-state index >= 15 is 0 Å². The van der Waals surface area contributed by atoms with Crippen molar-refractivity contribution in [1.82, 2.24) is 19.9 Å². The average molecular weight is 460 g/mol. The lowest BCUT2D eigenvalue weighted by Gasteiger charge is -2.38. The summed E-state index contributed by atoms with van der Waals surface area (Å²) in [6, 6.07) is 9.07. The average Bonchev–Trinajstić information content (AvgIpc) is 3.03. The van der Waals surface area contributed by atoms with Crippen LogP contribution in [-0.2, 0) is 0 Å². The standard InChI is InChI=1S/C19H21IN6/c1-25(14-4-2-8-26(11-14)9-3-7-21)19-17-15-6-5-13(20)10-16(15)24-18(17)22-12-23-19/h5-6,10,12,14H,2-4,8-9,11H2,1H3,(H,22,23,24). The summed E-state index contributed by atoms with van der Waals surface area (Å²) in [7, 11) is 2.13. The van der Waals surface area contributed by atoms with E-state index in [1.807, 2.05) is 0 Å². The fraction of sp³-hybridized carbons (Fsp3) is 0.421. The summed E-state index contributed by atoms with van der Waals surface area (Å²) in [5.74, 6) is 0.981. The van der Waals surface area contributed by atoms with Crippen molar-refractivity contribution in [3.05, 3.63) is 28.1 Å². The summed E-state index contributed by atoms with van der Waals surface area (Å²) >= 11 is 2.33. The molecule has 0 spiro atoms. The fourth-order valence-electron chi connectivity index (χ4n) is 3.88. The lowest BCUT2D eigenvalue weighted by atomic mass is 10.0. The molecule has 4 rings (SSSR count). The van der Waals surface area contributed by atoms with Gasteiger partial charge in [-0.3, -0.25) is 0 Å². The molecule has 1 unspecified atom stereocenters. The van der Waals surface area contributed by atoms with Gasteiger partial charge in [-0.05, 0) is 54.1 Å². The zero-order valence-corrected chi connectivity index (χ0v) is 16.9. The van der Waals surface area contributed by atoms with Gasteiger partial charge in [-0.25, -0.2) is 9.97 Å². The normalized spacial score (nSPS) is 18.3. The number of piperidine rings is 1. The molecule has 1 aliphatic heterocycles. The zero-order chi connectivity index (χ0) is 18.1.